The van der Waals surface area contributed by atoms with Crippen LogP contribution in [0.25, 0.3) is 0 Å². The van der Waals surface area contributed by atoms with Crippen LogP contribution in [0.1, 0.15) is 38.5 Å². The molecule has 6 nitrogen and oxygen atoms in total. The first-order chi connectivity index (χ1) is 32.6. The van der Waals surface area contributed by atoms with E-state index in [9.17, 15) is 168 Å². The second-order valence-corrected chi connectivity index (χ2v) is 15.4. The predicted octanol–water partition coefficient (Wildman–Crippen LogP) is 14.6. The van der Waals surface area contributed by atoms with Gasteiger partial charge in [0.1, 0.15) is 0 Å². The summed E-state index contributed by atoms with van der Waals surface area (Å²) in [6, 6.07) is 0. The van der Waals surface area contributed by atoms with Crippen LogP contribution in [0.15, 0.2) is 0 Å². The molecule has 0 heterocycles. The average Bonchev–Trinajstić information content (AvgIpc) is 3.19. The van der Waals surface area contributed by atoms with Gasteiger partial charge in [-0.3, -0.25) is 0 Å². The number of carboxylic acid groups (broad SMARTS) is 2. The molecule has 4 N–H and O–H groups in total. The van der Waals surface area contributed by atoms with E-state index in [-0.39, 0.29) is 5.32 Å². The summed E-state index contributed by atoms with van der Waals surface area (Å²) in [4.78, 5) is 22.0. The molecule has 0 aliphatic heterocycles. The molecule has 0 aliphatic carbocycles. The van der Waals surface area contributed by atoms with Crippen molar-refractivity contribution >= 4 is 12.2 Å². The van der Waals surface area contributed by atoms with Crippen molar-refractivity contribution in [3.8, 4) is 0 Å². The first kappa shape index (κ1) is 71.7. The Hall–Kier alpha value is -4.26. The average molecular weight is 1230 g/mol. The van der Waals surface area contributed by atoms with Gasteiger partial charge in [-0.15, -0.1) is 0 Å². The first-order valence-electron chi connectivity index (χ1n) is 18.0. The number of alkyl halides is 40. The maximum Gasteiger partial charge on any atom is 0.405 e. The Bertz CT molecular complexity index is 1910. The van der Waals surface area contributed by atoms with Crippen LogP contribution in [0.5, 0.6) is 0 Å². The Labute approximate surface area is 389 Å². The van der Waals surface area contributed by atoms with Crippen LogP contribution in [0, 0.1) is 0 Å². The fourth-order valence-electron chi connectivity index (χ4n) is 5.77. The van der Waals surface area contributed by atoms with Gasteiger partial charge in [0.05, 0.1) is 5.54 Å². The lowest BCUT2D eigenvalue weighted by atomic mass is 9.76. The third-order valence-corrected chi connectivity index (χ3v) is 10.1. The van der Waals surface area contributed by atoms with Crippen LogP contribution >= 0.6 is 0 Å². The summed E-state index contributed by atoms with van der Waals surface area (Å²) < 4.78 is 562. The highest BCUT2D eigenvalue weighted by Gasteiger charge is 2.99. The third kappa shape index (κ3) is 10.3. The van der Waals surface area contributed by atoms with Gasteiger partial charge in [-0.2, -0.15) is 158 Å². The zero-order valence-electron chi connectivity index (χ0n) is 34.4. The van der Waals surface area contributed by atoms with Gasteiger partial charge < -0.3 is 20.8 Å². The number of rotatable bonds is 29. The topological polar surface area (TPSA) is 98.7 Å². The molecule has 0 bridgehead atoms. The van der Waals surface area contributed by atoms with E-state index in [0.29, 0.717) is 0 Å². The molecule has 0 spiro atoms. The summed E-state index contributed by atoms with van der Waals surface area (Å²) in [5.41, 5.74) is -5.84. The lowest BCUT2D eigenvalue weighted by Crippen LogP contribution is -2.77. The maximum absolute atomic E-state index is 15.3. The zero-order chi connectivity index (χ0) is 62.2. The summed E-state index contributed by atoms with van der Waals surface area (Å²) in [6.45, 7) is -1.15. The molecule has 0 aromatic carbocycles. The lowest BCUT2D eigenvalue weighted by Gasteiger charge is -2.47. The Morgan fingerprint density at radius 2 is 0.539 bits per heavy atom. The summed E-state index contributed by atoms with van der Waals surface area (Å²) in [5, 5.41) is 18.4. The van der Waals surface area contributed by atoms with E-state index in [1.165, 1.54) is 5.32 Å². The normalized spacial score (nSPS) is 16.2. The molecule has 454 valence electrons. The number of amides is 2. The minimum absolute atomic E-state index is 0.283. The highest BCUT2D eigenvalue weighted by molar-refractivity contribution is 5.65. The van der Waals surface area contributed by atoms with E-state index in [1.54, 1.807) is 0 Å². The molecule has 0 radical (unpaired) electrons. The number of hydrogen-bond donors (Lipinski definition) is 4. The van der Waals surface area contributed by atoms with E-state index in [1.807, 2.05) is 0 Å². The second kappa shape index (κ2) is 20.1. The molecule has 0 fully saturated rings. The van der Waals surface area contributed by atoms with Gasteiger partial charge in [-0.1, -0.05) is 12.8 Å². The van der Waals surface area contributed by atoms with Crippen LogP contribution in [0.3, 0.4) is 0 Å². The van der Waals surface area contributed by atoms with Gasteiger partial charge >= 0.3 is 132 Å². The van der Waals surface area contributed by atoms with Gasteiger partial charge in [-0.05, 0) is 12.8 Å². The number of halogens is 40. The molecule has 0 aromatic heterocycles. The minimum Gasteiger partial charge on any atom is -0.465 e. The van der Waals surface area contributed by atoms with Crippen molar-refractivity contribution in [3.63, 3.8) is 0 Å². The van der Waals surface area contributed by atoms with Gasteiger partial charge in [0.25, 0.3) is 0 Å². The summed E-state index contributed by atoms with van der Waals surface area (Å²) in [5.74, 6) is -167. The molecule has 0 rings (SSSR count). The Morgan fingerprint density at radius 3 is 0.750 bits per heavy atom. The molecule has 0 saturated carbocycles. The number of carbonyl (C=O) groups is 2. The minimum atomic E-state index is -9.87. The van der Waals surface area contributed by atoms with E-state index < -0.39 is 182 Å². The Balaban J connectivity index is 8.39. The summed E-state index contributed by atoms with van der Waals surface area (Å²) in [6.07, 6.45) is -36.5. The summed E-state index contributed by atoms with van der Waals surface area (Å²) in [7, 11) is 0. The van der Waals surface area contributed by atoms with Crippen molar-refractivity contribution < 1.29 is 195 Å². The highest BCUT2D eigenvalue weighted by atomic mass is 19.4. The Morgan fingerprint density at radius 1 is 0.316 bits per heavy atom. The smallest absolute Gasteiger partial charge is 0.405 e. The van der Waals surface area contributed by atoms with Crippen LogP contribution in [0.4, 0.5) is 185 Å². The largest absolute Gasteiger partial charge is 0.465 e. The van der Waals surface area contributed by atoms with Crippen molar-refractivity contribution in [2.45, 2.75) is 164 Å². The molecule has 0 saturated heterocycles. The van der Waals surface area contributed by atoms with Crippen LogP contribution in [-0.4, -0.2) is 154 Å². The quantitative estimate of drug-likeness (QED) is 0.0443. The van der Waals surface area contributed by atoms with E-state index >= 15 is 17.6 Å². The Kier molecular flexibility index (Phi) is 19.0. The lowest BCUT2D eigenvalue weighted by molar-refractivity contribution is -0.466. The first-order valence-corrected chi connectivity index (χ1v) is 18.0. The third-order valence-electron chi connectivity index (χ3n) is 10.1. The molecule has 0 atom stereocenters. The van der Waals surface area contributed by atoms with E-state index in [2.05, 4.69) is 0 Å². The van der Waals surface area contributed by atoms with E-state index in [0.717, 1.165) is 0 Å². The zero-order valence-corrected chi connectivity index (χ0v) is 34.4. The van der Waals surface area contributed by atoms with Gasteiger partial charge in [-0.25, -0.2) is 27.2 Å². The predicted molar refractivity (Wildman–Crippen MR) is 159 cm³/mol. The molecular formula is C30H20F40N2O4. The van der Waals surface area contributed by atoms with Crippen molar-refractivity contribution in [1.29, 1.82) is 0 Å². The number of nitrogens with one attached hydrogen (secondary N) is 2. The van der Waals surface area contributed by atoms with Crippen molar-refractivity contribution in [2.24, 2.45) is 0 Å². The fourth-order valence-corrected chi connectivity index (χ4v) is 5.77. The fraction of sp³-hybridized carbons (Fsp3) is 0.933. The second-order valence-electron chi connectivity index (χ2n) is 15.4. The molecule has 46 heteroatoms. The van der Waals surface area contributed by atoms with Crippen molar-refractivity contribution in [1.82, 2.24) is 10.6 Å². The van der Waals surface area contributed by atoms with Crippen LogP contribution in [0.2, 0.25) is 0 Å². The van der Waals surface area contributed by atoms with Crippen LogP contribution < -0.4 is 10.6 Å². The molecule has 2 amide bonds. The maximum atomic E-state index is 15.3. The monoisotopic (exact) mass is 1230 g/mol. The number of unbranched alkanes of at least 4 members (excludes halogenated alkanes) is 2. The van der Waals surface area contributed by atoms with Gasteiger partial charge in [0, 0.05) is 19.4 Å². The van der Waals surface area contributed by atoms with Crippen molar-refractivity contribution in [3.05, 3.63) is 0 Å². The number of hydrogen-bond acceptors (Lipinski definition) is 2. The molecule has 0 aromatic rings. The van der Waals surface area contributed by atoms with Gasteiger partial charge in [0.2, 0.25) is 0 Å². The molecular weight excluding hydrogens is 1210 g/mol. The van der Waals surface area contributed by atoms with Gasteiger partial charge in [0.15, 0.2) is 0 Å². The summed E-state index contributed by atoms with van der Waals surface area (Å²) >= 11 is 0. The standard InChI is InChI=1S/C30H20F40N2O4/c31-8(32)15(39,40)19(47,48)23(55,56)27(63,64)29(67,68)25(59,60)21(51,52)17(43,44)13(35,36)6-12(72-11(75)76,4-2-1-3-5-71-10(73)74)7-14(37,38)18(45,46)22(53,54)26(61,62)30(69,70)28(65,66)24(57,58)20(49,50)16(41,42)9(33)34/h8-9,71-72H,1-7H2,(H,73,74)(H,75,76). The molecule has 0 aliphatic rings. The molecule has 0 unspecified atom stereocenters. The molecule has 76 heavy (non-hydrogen) atoms. The van der Waals surface area contributed by atoms with E-state index in [4.69, 9.17) is 10.2 Å². The van der Waals surface area contributed by atoms with Crippen molar-refractivity contribution in [2.75, 3.05) is 6.54 Å². The highest BCUT2D eigenvalue weighted by Crippen LogP contribution is 2.69. The SMILES string of the molecule is O=C(O)NCCCCCC(CC(F)(F)C(F)(F)C(F)(F)C(F)(F)C(F)(F)C(F)(F)C(F)(F)C(F)(F)C(F)(F)C(F)F)(CC(F)(F)C(F)(F)C(F)(F)C(F)(F)C(F)(F)C(F)(F)C(F)(F)C(F)(F)C(F)(F)C(F)F)NC(=O)O. The van der Waals surface area contributed by atoms with Crippen LogP contribution in [-0.2, 0) is 0 Å².